The van der Waals surface area contributed by atoms with Gasteiger partial charge in [0.2, 0.25) is 0 Å². The lowest BCUT2D eigenvalue weighted by molar-refractivity contribution is -0.385. The van der Waals surface area contributed by atoms with Crippen LogP contribution in [0, 0.1) is 10.1 Å². The van der Waals surface area contributed by atoms with E-state index in [-0.39, 0.29) is 17.8 Å². The molecule has 8 nitrogen and oxygen atoms in total. The van der Waals surface area contributed by atoms with Crippen LogP contribution in [-0.4, -0.2) is 25.6 Å². The van der Waals surface area contributed by atoms with Gasteiger partial charge in [0.15, 0.2) is 0 Å². The monoisotopic (exact) mass is 275 g/mol. The van der Waals surface area contributed by atoms with Crippen LogP contribution in [0.3, 0.4) is 0 Å². The number of rotatable bonds is 4. The zero-order valence-electron chi connectivity index (χ0n) is 10.1. The zero-order valence-corrected chi connectivity index (χ0v) is 10.1. The molecule has 0 saturated carbocycles. The minimum Gasteiger partial charge on any atom is -0.478 e. The lowest BCUT2D eigenvalue weighted by Crippen LogP contribution is -2.23. The highest BCUT2D eigenvalue weighted by atomic mass is 16.6. The topological polar surface area (TPSA) is 115 Å². The first-order valence-corrected chi connectivity index (χ1v) is 5.51. The maximum Gasteiger partial charge on any atom is 0.348 e. The number of benzene rings is 1. The highest BCUT2D eigenvalue weighted by Crippen LogP contribution is 2.11. The van der Waals surface area contributed by atoms with Crippen molar-refractivity contribution >= 4 is 11.7 Å². The van der Waals surface area contributed by atoms with Crippen molar-refractivity contribution in [3.63, 3.8) is 0 Å². The third kappa shape index (κ3) is 2.69. The Hall–Kier alpha value is -3.03. The molecule has 0 spiro atoms. The summed E-state index contributed by atoms with van der Waals surface area (Å²) in [6, 6.07) is 6.11. The van der Waals surface area contributed by atoms with Crippen LogP contribution in [0.5, 0.6) is 0 Å². The van der Waals surface area contributed by atoms with Gasteiger partial charge in [-0.2, -0.15) is 4.98 Å². The standard InChI is InChI=1S/C12H9N3O5/c16-11(17)10-4-2-1-3-8(10)6-14-7-9(15(19)20)5-13-12(14)18/h1-5,7H,6H2,(H,16,17). The fourth-order valence-electron chi connectivity index (χ4n) is 1.70. The third-order valence-electron chi connectivity index (χ3n) is 2.64. The summed E-state index contributed by atoms with van der Waals surface area (Å²) < 4.78 is 1.000. The molecule has 2 aromatic rings. The molecule has 8 heteroatoms. The smallest absolute Gasteiger partial charge is 0.348 e. The molecule has 0 radical (unpaired) electrons. The minimum atomic E-state index is -1.13. The molecule has 1 N–H and O–H groups in total. The SMILES string of the molecule is O=C(O)c1ccccc1Cn1cc([N+](=O)[O-])cnc1=O. The second kappa shape index (κ2) is 5.31. The number of nitro groups is 1. The first-order valence-electron chi connectivity index (χ1n) is 5.51. The number of carboxylic acids is 1. The number of nitrogens with zero attached hydrogens (tertiary/aromatic N) is 3. The number of carbonyl (C=O) groups is 1. The van der Waals surface area contributed by atoms with Crippen molar-refractivity contribution in [2.45, 2.75) is 6.54 Å². The van der Waals surface area contributed by atoms with Gasteiger partial charge in [0.1, 0.15) is 6.20 Å². The van der Waals surface area contributed by atoms with Crippen molar-refractivity contribution in [1.29, 1.82) is 0 Å². The van der Waals surface area contributed by atoms with Crippen LogP contribution in [0.1, 0.15) is 15.9 Å². The quantitative estimate of drug-likeness (QED) is 0.654. The second-order valence-corrected chi connectivity index (χ2v) is 3.94. The summed E-state index contributed by atoms with van der Waals surface area (Å²) in [5.74, 6) is -1.13. The Kier molecular flexibility index (Phi) is 3.56. The van der Waals surface area contributed by atoms with E-state index in [1.165, 1.54) is 12.1 Å². The average molecular weight is 275 g/mol. The van der Waals surface area contributed by atoms with Gasteiger partial charge in [-0.3, -0.25) is 14.7 Å². The minimum absolute atomic E-state index is 0.0332. The molecule has 0 unspecified atom stereocenters. The van der Waals surface area contributed by atoms with E-state index in [2.05, 4.69) is 4.98 Å². The van der Waals surface area contributed by atoms with Gasteiger partial charge in [0.05, 0.1) is 23.2 Å². The summed E-state index contributed by atoms with van der Waals surface area (Å²) in [7, 11) is 0. The Morgan fingerprint density at radius 1 is 1.40 bits per heavy atom. The summed E-state index contributed by atoms with van der Waals surface area (Å²) in [4.78, 5) is 36.0. The highest BCUT2D eigenvalue weighted by Gasteiger charge is 2.13. The van der Waals surface area contributed by atoms with E-state index in [9.17, 15) is 19.7 Å². The van der Waals surface area contributed by atoms with Gasteiger partial charge in [-0.25, -0.2) is 9.59 Å². The average Bonchev–Trinajstić information content (AvgIpc) is 2.41. The maximum atomic E-state index is 11.6. The molecule has 0 saturated heterocycles. The molecule has 1 aromatic carbocycles. The van der Waals surface area contributed by atoms with Crippen molar-refractivity contribution in [1.82, 2.24) is 9.55 Å². The van der Waals surface area contributed by atoms with Gasteiger partial charge in [0, 0.05) is 0 Å². The van der Waals surface area contributed by atoms with Gasteiger partial charge in [0.25, 0.3) is 0 Å². The Morgan fingerprint density at radius 2 is 2.10 bits per heavy atom. The molecule has 1 aromatic heterocycles. The molecule has 1 heterocycles. The summed E-state index contributed by atoms with van der Waals surface area (Å²) in [6.07, 6.45) is 1.90. The summed E-state index contributed by atoms with van der Waals surface area (Å²) in [5, 5.41) is 19.7. The first kappa shape index (κ1) is 13.4. The molecule has 20 heavy (non-hydrogen) atoms. The molecule has 0 atom stereocenters. The van der Waals surface area contributed by atoms with E-state index in [0.717, 1.165) is 17.0 Å². The summed E-state index contributed by atoms with van der Waals surface area (Å²) in [5.41, 5.74) is -0.622. The normalized spacial score (nSPS) is 10.2. The number of aromatic nitrogens is 2. The fraction of sp³-hybridized carbons (Fsp3) is 0.0833. The van der Waals surface area contributed by atoms with Gasteiger partial charge in [-0.15, -0.1) is 0 Å². The van der Waals surface area contributed by atoms with Gasteiger partial charge in [-0.1, -0.05) is 18.2 Å². The van der Waals surface area contributed by atoms with Crippen LogP contribution in [0.25, 0.3) is 0 Å². The van der Waals surface area contributed by atoms with Crippen LogP contribution in [0.2, 0.25) is 0 Å². The summed E-state index contributed by atoms with van der Waals surface area (Å²) in [6.45, 7) is -0.101. The van der Waals surface area contributed by atoms with Crippen LogP contribution >= 0.6 is 0 Å². The fourth-order valence-corrected chi connectivity index (χ4v) is 1.70. The molecule has 0 bridgehead atoms. The van der Waals surface area contributed by atoms with Gasteiger partial charge in [-0.05, 0) is 11.6 Å². The maximum absolute atomic E-state index is 11.6. The molecule has 0 fully saturated rings. The number of hydrogen-bond acceptors (Lipinski definition) is 5. The Bertz CT molecular complexity index is 738. The molecule has 0 amide bonds. The van der Waals surface area contributed by atoms with Crippen molar-refractivity contribution in [2.75, 3.05) is 0 Å². The second-order valence-electron chi connectivity index (χ2n) is 3.94. The molecule has 0 aliphatic rings. The predicted octanol–water partition coefficient (Wildman–Crippen LogP) is 0.898. The largest absolute Gasteiger partial charge is 0.478 e. The van der Waals surface area contributed by atoms with Crippen molar-refractivity contribution in [3.05, 3.63) is 68.4 Å². The highest BCUT2D eigenvalue weighted by molar-refractivity contribution is 5.89. The van der Waals surface area contributed by atoms with E-state index < -0.39 is 16.6 Å². The number of aromatic carboxylic acids is 1. The first-order chi connectivity index (χ1) is 9.49. The van der Waals surface area contributed by atoms with Crippen LogP contribution in [-0.2, 0) is 6.54 Å². The van der Waals surface area contributed by atoms with E-state index in [0.29, 0.717) is 5.56 Å². The van der Waals surface area contributed by atoms with E-state index in [1.54, 1.807) is 12.1 Å². The number of carboxylic acid groups (broad SMARTS) is 1. The lowest BCUT2D eigenvalue weighted by atomic mass is 10.1. The third-order valence-corrected chi connectivity index (χ3v) is 2.64. The summed E-state index contributed by atoms with van der Waals surface area (Å²) >= 11 is 0. The van der Waals surface area contributed by atoms with E-state index in [1.807, 2.05) is 0 Å². The van der Waals surface area contributed by atoms with Gasteiger partial charge >= 0.3 is 17.3 Å². The predicted molar refractivity (Wildman–Crippen MR) is 67.7 cm³/mol. The zero-order chi connectivity index (χ0) is 14.7. The van der Waals surface area contributed by atoms with Gasteiger partial charge < -0.3 is 5.11 Å². The molecule has 102 valence electrons. The Labute approximate surface area is 112 Å². The molecular weight excluding hydrogens is 266 g/mol. The van der Waals surface area contributed by atoms with E-state index in [4.69, 9.17) is 5.11 Å². The Morgan fingerprint density at radius 3 is 2.75 bits per heavy atom. The van der Waals surface area contributed by atoms with Crippen LogP contribution in [0.15, 0.2) is 41.5 Å². The Balaban J connectivity index is 2.45. The number of hydrogen-bond donors (Lipinski definition) is 1. The van der Waals surface area contributed by atoms with Crippen LogP contribution < -0.4 is 5.69 Å². The van der Waals surface area contributed by atoms with E-state index >= 15 is 0 Å². The molecule has 2 rings (SSSR count). The van der Waals surface area contributed by atoms with Crippen LogP contribution in [0.4, 0.5) is 5.69 Å². The van der Waals surface area contributed by atoms with Crippen molar-refractivity contribution in [3.8, 4) is 0 Å². The molecular formula is C12H9N3O5. The van der Waals surface area contributed by atoms with Crippen molar-refractivity contribution in [2.24, 2.45) is 0 Å². The molecule has 0 aliphatic carbocycles. The van der Waals surface area contributed by atoms with Crippen molar-refractivity contribution < 1.29 is 14.8 Å². The lowest BCUT2D eigenvalue weighted by Gasteiger charge is -2.07. The molecule has 0 aliphatic heterocycles.